The Balaban J connectivity index is 2.36. The summed E-state index contributed by atoms with van der Waals surface area (Å²) < 4.78 is 11.2. The molecule has 0 spiro atoms. The van der Waals surface area contributed by atoms with Crippen LogP contribution in [0.25, 0.3) is 0 Å². The average Bonchev–Trinajstić information content (AvgIpc) is 3.26. The molecule has 0 bridgehead atoms. The Labute approximate surface area is 372 Å². The summed E-state index contributed by atoms with van der Waals surface area (Å²) in [4.78, 5) is 13.0. The molecule has 9 nitrogen and oxygen atoms in total. The molecule has 1 aliphatic heterocycles. The molecule has 1 saturated heterocycles. The van der Waals surface area contributed by atoms with Gasteiger partial charge in [0.1, 0.15) is 24.4 Å². The summed E-state index contributed by atoms with van der Waals surface area (Å²) in [5.74, 6) is -0.235. The number of nitrogens with one attached hydrogen (secondary N) is 1. The standard InChI is InChI=1S/C52H91NO8/c1-3-5-7-9-11-13-15-17-19-21-22-23-24-26-27-29-31-33-35-37-39-41-46(55)45(44-60-52-51(59)50(58)49(57)47(43-54)61-52)53-48(56)42-40-38-36-34-32-30-28-25-20-18-16-14-12-10-8-6-4-2/h6,8,12,14,18,20,28,30,34,36,39,41,45-47,49-52,54-55,57-59H,3-5,7,9-11,13,15-17,19,21-27,29,31-33,35,37-38,40,42-44H2,1-2H3,(H,53,56)/b8-6-,14-12-,20-18-,30-28-,36-34-,41-39+. The molecule has 7 unspecified atom stereocenters. The SMILES string of the molecule is CC/C=C\C/C=C\C/C=C\C/C=C\C/C=C\CCCC(=O)NC(COC1OC(CO)C(O)C(O)C1O)C(O)/C=C/CCCCCCCCCCCCCCCCCCCCC. The lowest BCUT2D eigenvalue weighted by Gasteiger charge is -2.40. The molecule has 9 heteroatoms. The van der Waals surface area contributed by atoms with Crippen LogP contribution in [0.15, 0.2) is 72.9 Å². The van der Waals surface area contributed by atoms with Gasteiger partial charge in [-0.3, -0.25) is 4.79 Å². The Hall–Kier alpha value is -2.37. The zero-order chi connectivity index (χ0) is 44.4. The van der Waals surface area contributed by atoms with Gasteiger partial charge in [0.2, 0.25) is 5.91 Å². The number of hydrogen-bond donors (Lipinski definition) is 6. The van der Waals surface area contributed by atoms with Crippen molar-refractivity contribution in [1.29, 1.82) is 0 Å². The maximum absolute atomic E-state index is 13.0. The number of aliphatic hydroxyl groups excluding tert-OH is 5. The maximum atomic E-state index is 13.0. The summed E-state index contributed by atoms with van der Waals surface area (Å²) in [5.41, 5.74) is 0. The second kappa shape index (κ2) is 41.6. The minimum atomic E-state index is -1.58. The van der Waals surface area contributed by atoms with E-state index in [9.17, 15) is 30.3 Å². The molecule has 1 heterocycles. The van der Waals surface area contributed by atoms with E-state index in [1.165, 1.54) is 109 Å². The first-order chi connectivity index (χ1) is 29.8. The van der Waals surface area contributed by atoms with E-state index in [2.05, 4.69) is 79.9 Å². The highest BCUT2D eigenvalue weighted by Gasteiger charge is 2.44. The molecule has 0 aromatic rings. The third kappa shape index (κ3) is 32.0. The first-order valence-corrected chi connectivity index (χ1v) is 24.7. The van der Waals surface area contributed by atoms with Crippen molar-refractivity contribution in [2.24, 2.45) is 0 Å². The van der Waals surface area contributed by atoms with Crippen LogP contribution in [-0.2, 0) is 14.3 Å². The molecule has 7 atom stereocenters. The number of amides is 1. The summed E-state index contributed by atoms with van der Waals surface area (Å²) in [7, 11) is 0. The maximum Gasteiger partial charge on any atom is 0.220 e. The molecule has 61 heavy (non-hydrogen) atoms. The van der Waals surface area contributed by atoms with Crippen molar-refractivity contribution in [2.75, 3.05) is 13.2 Å². The van der Waals surface area contributed by atoms with Crippen LogP contribution in [0.5, 0.6) is 0 Å². The normalized spacial score (nSPS) is 21.1. The highest BCUT2D eigenvalue weighted by atomic mass is 16.7. The van der Waals surface area contributed by atoms with E-state index in [0.29, 0.717) is 6.42 Å². The lowest BCUT2D eigenvalue weighted by atomic mass is 9.99. The topological polar surface area (TPSA) is 149 Å². The van der Waals surface area contributed by atoms with Gasteiger partial charge in [0.25, 0.3) is 0 Å². The Kier molecular flexibility index (Phi) is 38.7. The number of unbranched alkanes of at least 4 members (excludes halogenated alkanes) is 20. The fourth-order valence-electron chi connectivity index (χ4n) is 7.37. The number of hydrogen-bond acceptors (Lipinski definition) is 8. The molecule has 0 saturated carbocycles. The molecule has 1 fully saturated rings. The molecule has 0 aromatic heterocycles. The number of carbonyl (C=O) groups excluding carboxylic acids is 1. The van der Waals surface area contributed by atoms with Crippen molar-refractivity contribution >= 4 is 5.91 Å². The van der Waals surface area contributed by atoms with Gasteiger partial charge in [0.05, 0.1) is 25.4 Å². The van der Waals surface area contributed by atoms with Crippen LogP contribution in [0.3, 0.4) is 0 Å². The first-order valence-electron chi connectivity index (χ1n) is 24.7. The van der Waals surface area contributed by atoms with Crippen molar-refractivity contribution in [3.63, 3.8) is 0 Å². The molecular weight excluding hydrogens is 767 g/mol. The van der Waals surface area contributed by atoms with Gasteiger partial charge in [0, 0.05) is 6.42 Å². The van der Waals surface area contributed by atoms with E-state index < -0.39 is 49.5 Å². The minimum absolute atomic E-state index is 0.214. The van der Waals surface area contributed by atoms with Crippen molar-refractivity contribution in [2.45, 2.75) is 236 Å². The molecule has 0 aromatic carbocycles. The van der Waals surface area contributed by atoms with Gasteiger partial charge in [-0.25, -0.2) is 0 Å². The van der Waals surface area contributed by atoms with Crippen LogP contribution in [0.4, 0.5) is 0 Å². The molecule has 0 radical (unpaired) electrons. The Morgan fingerprint density at radius 1 is 0.574 bits per heavy atom. The largest absolute Gasteiger partial charge is 0.394 e. The number of ether oxygens (including phenoxy) is 2. The fourth-order valence-corrected chi connectivity index (χ4v) is 7.37. The van der Waals surface area contributed by atoms with E-state index in [0.717, 1.165) is 57.8 Å². The fraction of sp³-hybridized carbons (Fsp3) is 0.750. The summed E-state index contributed by atoms with van der Waals surface area (Å²) >= 11 is 0. The van der Waals surface area contributed by atoms with E-state index >= 15 is 0 Å². The van der Waals surface area contributed by atoms with Gasteiger partial charge < -0.3 is 40.3 Å². The first kappa shape index (κ1) is 56.6. The van der Waals surface area contributed by atoms with Gasteiger partial charge in [-0.2, -0.15) is 0 Å². The van der Waals surface area contributed by atoms with E-state index in [-0.39, 0.29) is 18.9 Å². The lowest BCUT2D eigenvalue weighted by Crippen LogP contribution is -2.60. The summed E-state index contributed by atoms with van der Waals surface area (Å²) in [5, 5.41) is 54.3. The number of carbonyl (C=O) groups is 1. The molecule has 1 rings (SSSR count). The van der Waals surface area contributed by atoms with Crippen LogP contribution in [-0.4, -0.2) is 87.5 Å². The van der Waals surface area contributed by atoms with Crippen LogP contribution >= 0.6 is 0 Å². The lowest BCUT2D eigenvalue weighted by molar-refractivity contribution is -0.302. The van der Waals surface area contributed by atoms with Crippen LogP contribution < -0.4 is 5.32 Å². The summed E-state index contributed by atoms with van der Waals surface area (Å²) in [6.07, 6.45) is 49.5. The molecule has 352 valence electrons. The van der Waals surface area contributed by atoms with Gasteiger partial charge in [-0.1, -0.05) is 202 Å². The molecule has 1 aliphatic rings. The van der Waals surface area contributed by atoms with Crippen molar-refractivity contribution in [3.05, 3.63) is 72.9 Å². The van der Waals surface area contributed by atoms with E-state index in [4.69, 9.17) is 9.47 Å². The van der Waals surface area contributed by atoms with Gasteiger partial charge >= 0.3 is 0 Å². The predicted octanol–water partition coefficient (Wildman–Crippen LogP) is 10.9. The van der Waals surface area contributed by atoms with Gasteiger partial charge in [0.15, 0.2) is 6.29 Å². The van der Waals surface area contributed by atoms with E-state index in [1.807, 2.05) is 6.08 Å². The zero-order valence-corrected chi connectivity index (χ0v) is 38.6. The van der Waals surface area contributed by atoms with Gasteiger partial charge in [-0.15, -0.1) is 0 Å². The smallest absolute Gasteiger partial charge is 0.220 e. The summed E-state index contributed by atoms with van der Waals surface area (Å²) in [6.45, 7) is 3.62. The van der Waals surface area contributed by atoms with Gasteiger partial charge in [-0.05, 0) is 57.8 Å². The minimum Gasteiger partial charge on any atom is -0.394 e. The number of aliphatic hydroxyl groups is 5. The third-order valence-corrected chi connectivity index (χ3v) is 11.3. The molecule has 6 N–H and O–H groups in total. The van der Waals surface area contributed by atoms with Crippen molar-refractivity contribution in [1.82, 2.24) is 5.32 Å². The monoisotopic (exact) mass is 858 g/mol. The predicted molar refractivity (Wildman–Crippen MR) is 253 cm³/mol. The zero-order valence-electron chi connectivity index (χ0n) is 38.6. The number of rotatable bonds is 40. The Bertz CT molecular complexity index is 1180. The third-order valence-electron chi connectivity index (χ3n) is 11.3. The van der Waals surface area contributed by atoms with E-state index in [1.54, 1.807) is 6.08 Å². The van der Waals surface area contributed by atoms with Crippen LogP contribution in [0.1, 0.15) is 194 Å². The average molecular weight is 858 g/mol. The number of allylic oxidation sites excluding steroid dienone is 11. The molecule has 0 aliphatic carbocycles. The van der Waals surface area contributed by atoms with Crippen LogP contribution in [0, 0.1) is 0 Å². The van der Waals surface area contributed by atoms with Crippen molar-refractivity contribution in [3.8, 4) is 0 Å². The highest BCUT2D eigenvalue weighted by molar-refractivity contribution is 5.76. The van der Waals surface area contributed by atoms with Crippen LogP contribution in [0.2, 0.25) is 0 Å². The second-order valence-corrected chi connectivity index (χ2v) is 16.9. The highest BCUT2D eigenvalue weighted by Crippen LogP contribution is 2.22. The Morgan fingerprint density at radius 2 is 1.02 bits per heavy atom. The molecule has 1 amide bonds. The quantitative estimate of drug-likeness (QED) is 0.0264. The second-order valence-electron chi connectivity index (χ2n) is 16.9. The summed E-state index contributed by atoms with van der Waals surface area (Å²) in [6, 6.07) is -0.838. The van der Waals surface area contributed by atoms with Crippen molar-refractivity contribution < 1.29 is 39.8 Å². The Morgan fingerprint density at radius 3 is 1.49 bits per heavy atom. The molecular formula is C52H91NO8.